The van der Waals surface area contributed by atoms with Crippen LogP contribution in [0.25, 0.3) is 0 Å². The van der Waals surface area contributed by atoms with E-state index in [0.29, 0.717) is 5.54 Å². The zero-order valence-electron chi connectivity index (χ0n) is 17.2. The number of hydrogen-bond donors (Lipinski definition) is 0. The van der Waals surface area contributed by atoms with Crippen LogP contribution in [0.2, 0.25) is 0 Å². The Balaban J connectivity index is 1.73. The van der Waals surface area contributed by atoms with Crippen LogP contribution in [0.5, 0.6) is 0 Å². The summed E-state index contributed by atoms with van der Waals surface area (Å²) in [4.78, 5) is 5.37. The molecular formula is C23H38N2. The van der Waals surface area contributed by atoms with Gasteiger partial charge in [-0.05, 0) is 89.7 Å². The number of likely N-dealkylation sites (tertiary alicyclic amines) is 1. The lowest BCUT2D eigenvalue weighted by molar-refractivity contribution is 0.117. The SMILES string of the molecule is CCN(Cc1ccc2c(c1)CC(C)(N1CCCCCC1)C2)C(C)(C)C. The van der Waals surface area contributed by atoms with Gasteiger partial charge in [0.1, 0.15) is 0 Å². The lowest BCUT2D eigenvalue weighted by Gasteiger charge is -2.38. The molecule has 0 aromatic heterocycles. The molecule has 0 N–H and O–H groups in total. The van der Waals surface area contributed by atoms with E-state index in [-0.39, 0.29) is 5.54 Å². The second kappa shape index (κ2) is 7.40. The first-order valence-corrected chi connectivity index (χ1v) is 10.4. The second-order valence-electron chi connectivity index (χ2n) is 9.54. The summed E-state index contributed by atoms with van der Waals surface area (Å²) in [6, 6.07) is 7.30. The zero-order chi connectivity index (χ0) is 18.1. The molecule has 2 nitrogen and oxygen atoms in total. The van der Waals surface area contributed by atoms with Crippen molar-refractivity contribution in [2.45, 2.75) is 90.8 Å². The van der Waals surface area contributed by atoms with E-state index < -0.39 is 0 Å². The molecule has 0 bridgehead atoms. The first-order valence-electron chi connectivity index (χ1n) is 10.4. The van der Waals surface area contributed by atoms with Gasteiger partial charge in [0.25, 0.3) is 0 Å². The van der Waals surface area contributed by atoms with Gasteiger partial charge in [-0.15, -0.1) is 0 Å². The van der Waals surface area contributed by atoms with Gasteiger partial charge in [-0.1, -0.05) is 38.0 Å². The van der Waals surface area contributed by atoms with Crippen molar-refractivity contribution in [3.05, 3.63) is 34.9 Å². The average Bonchev–Trinajstić information content (AvgIpc) is 2.73. The Morgan fingerprint density at radius 1 is 1.00 bits per heavy atom. The summed E-state index contributed by atoms with van der Waals surface area (Å²) < 4.78 is 0. The average molecular weight is 343 g/mol. The molecule has 0 amide bonds. The van der Waals surface area contributed by atoms with Crippen molar-refractivity contribution in [2.75, 3.05) is 19.6 Å². The van der Waals surface area contributed by atoms with Crippen LogP contribution in [-0.4, -0.2) is 40.5 Å². The van der Waals surface area contributed by atoms with Crippen LogP contribution in [0.1, 0.15) is 77.0 Å². The van der Waals surface area contributed by atoms with E-state index in [1.807, 2.05) is 0 Å². The highest BCUT2D eigenvalue weighted by molar-refractivity contribution is 5.39. The molecular weight excluding hydrogens is 304 g/mol. The number of benzene rings is 1. The van der Waals surface area contributed by atoms with Crippen molar-refractivity contribution in [1.82, 2.24) is 9.80 Å². The fraction of sp³-hybridized carbons (Fsp3) is 0.739. The minimum absolute atomic E-state index is 0.230. The van der Waals surface area contributed by atoms with Gasteiger partial charge in [-0.25, -0.2) is 0 Å². The van der Waals surface area contributed by atoms with Gasteiger partial charge >= 0.3 is 0 Å². The summed E-state index contributed by atoms with van der Waals surface area (Å²) in [6.07, 6.45) is 8.08. The fourth-order valence-electron chi connectivity index (χ4n) is 4.88. The third-order valence-corrected chi connectivity index (χ3v) is 6.49. The summed E-state index contributed by atoms with van der Waals surface area (Å²) in [5.41, 5.74) is 5.26. The molecule has 0 spiro atoms. The lowest BCUT2D eigenvalue weighted by atomic mass is 9.95. The van der Waals surface area contributed by atoms with Crippen LogP contribution >= 0.6 is 0 Å². The molecule has 1 aliphatic heterocycles. The van der Waals surface area contributed by atoms with Crippen molar-refractivity contribution in [1.29, 1.82) is 0 Å². The predicted molar refractivity (Wildman–Crippen MR) is 108 cm³/mol. The largest absolute Gasteiger partial charge is 0.297 e. The molecule has 1 aromatic rings. The quantitative estimate of drug-likeness (QED) is 0.756. The lowest BCUT2D eigenvalue weighted by Crippen LogP contribution is -2.47. The molecule has 2 aliphatic rings. The Kier molecular flexibility index (Phi) is 5.60. The van der Waals surface area contributed by atoms with Crippen LogP contribution < -0.4 is 0 Å². The Hall–Kier alpha value is -0.860. The smallest absolute Gasteiger partial charge is 0.0262 e. The second-order valence-corrected chi connectivity index (χ2v) is 9.54. The maximum absolute atomic E-state index is 2.80. The van der Waals surface area contributed by atoms with Crippen molar-refractivity contribution >= 4 is 0 Å². The standard InChI is InChI=1S/C23H38N2/c1-6-24(22(2,3)4)18-19-11-12-20-16-23(5,17-21(20)15-19)25-13-9-7-8-10-14-25/h11-12,15H,6-10,13-14,16-18H2,1-5H3. The topological polar surface area (TPSA) is 6.48 Å². The fourth-order valence-corrected chi connectivity index (χ4v) is 4.88. The maximum atomic E-state index is 2.80. The van der Waals surface area contributed by atoms with E-state index in [4.69, 9.17) is 0 Å². The molecule has 3 rings (SSSR count). The summed E-state index contributed by atoms with van der Waals surface area (Å²) in [5, 5.41) is 0. The molecule has 1 fully saturated rings. The molecule has 25 heavy (non-hydrogen) atoms. The van der Waals surface area contributed by atoms with Gasteiger partial charge in [-0.2, -0.15) is 0 Å². The predicted octanol–water partition coefficient (Wildman–Crippen LogP) is 5.04. The van der Waals surface area contributed by atoms with E-state index in [1.54, 1.807) is 11.1 Å². The summed E-state index contributed by atoms with van der Waals surface area (Å²) in [5.74, 6) is 0. The van der Waals surface area contributed by atoms with Gasteiger partial charge < -0.3 is 0 Å². The van der Waals surface area contributed by atoms with Gasteiger partial charge in [0.15, 0.2) is 0 Å². The van der Waals surface area contributed by atoms with E-state index in [1.165, 1.54) is 57.2 Å². The van der Waals surface area contributed by atoms with Gasteiger partial charge in [0.2, 0.25) is 0 Å². The Morgan fingerprint density at radius 3 is 2.24 bits per heavy atom. The van der Waals surface area contributed by atoms with Gasteiger partial charge in [0, 0.05) is 17.6 Å². The number of rotatable bonds is 4. The van der Waals surface area contributed by atoms with E-state index in [0.717, 1.165) is 13.1 Å². The molecule has 1 unspecified atom stereocenters. The van der Waals surface area contributed by atoms with Crippen LogP contribution in [-0.2, 0) is 19.4 Å². The summed E-state index contributed by atoms with van der Waals surface area (Å²) in [7, 11) is 0. The Morgan fingerprint density at radius 2 is 1.64 bits per heavy atom. The van der Waals surface area contributed by atoms with E-state index in [2.05, 4.69) is 62.6 Å². The number of nitrogens with zero attached hydrogens (tertiary/aromatic N) is 2. The molecule has 0 saturated carbocycles. The van der Waals surface area contributed by atoms with Crippen LogP contribution in [0, 0.1) is 0 Å². The van der Waals surface area contributed by atoms with E-state index in [9.17, 15) is 0 Å². The van der Waals surface area contributed by atoms with E-state index >= 15 is 0 Å². The first kappa shape index (κ1) is 18.9. The molecule has 1 atom stereocenters. The highest BCUT2D eigenvalue weighted by atomic mass is 15.2. The molecule has 2 heteroatoms. The van der Waals surface area contributed by atoms with Gasteiger partial charge in [0.05, 0.1) is 0 Å². The highest BCUT2D eigenvalue weighted by Crippen LogP contribution is 2.36. The number of fused-ring (bicyclic) bond motifs is 1. The van der Waals surface area contributed by atoms with Crippen LogP contribution in [0.4, 0.5) is 0 Å². The van der Waals surface area contributed by atoms with Crippen LogP contribution in [0.3, 0.4) is 0 Å². The van der Waals surface area contributed by atoms with Gasteiger partial charge in [-0.3, -0.25) is 9.80 Å². The molecule has 1 aliphatic carbocycles. The number of hydrogen-bond acceptors (Lipinski definition) is 2. The third-order valence-electron chi connectivity index (χ3n) is 6.49. The molecule has 1 saturated heterocycles. The molecule has 0 radical (unpaired) electrons. The van der Waals surface area contributed by atoms with Crippen molar-refractivity contribution < 1.29 is 0 Å². The minimum atomic E-state index is 0.230. The Labute approximate surface area is 155 Å². The molecule has 1 heterocycles. The molecule has 140 valence electrons. The van der Waals surface area contributed by atoms with Crippen molar-refractivity contribution in [2.24, 2.45) is 0 Å². The summed E-state index contributed by atoms with van der Waals surface area (Å²) in [6.45, 7) is 16.5. The first-order chi connectivity index (χ1) is 11.8. The minimum Gasteiger partial charge on any atom is -0.297 e. The Bertz CT molecular complexity index is 578. The van der Waals surface area contributed by atoms with Crippen molar-refractivity contribution in [3.63, 3.8) is 0 Å². The summed E-state index contributed by atoms with van der Waals surface area (Å²) >= 11 is 0. The monoisotopic (exact) mass is 342 g/mol. The normalized spacial score (nSPS) is 25.2. The van der Waals surface area contributed by atoms with Crippen LogP contribution in [0.15, 0.2) is 18.2 Å². The zero-order valence-corrected chi connectivity index (χ0v) is 17.2. The maximum Gasteiger partial charge on any atom is 0.0262 e. The molecule has 1 aromatic carbocycles. The third kappa shape index (κ3) is 4.28. The van der Waals surface area contributed by atoms with Crippen molar-refractivity contribution in [3.8, 4) is 0 Å². The highest BCUT2D eigenvalue weighted by Gasteiger charge is 2.38.